The molecular formula is C22H34O4. The number of aromatic hydroxyl groups is 1. The molecule has 4 heteroatoms. The Morgan fingerprint density at radius 2 is 1.81 bits per heavy atom. The molecule has 146 valence electrons. The van der Waals surface area contributed by atoms with E-state index < -0.39 is 12.2 Å². The summed E-state index contributed by atoms with van der Waals surface area (Å²) in [5, 5.41) is 22.6. The van der Waals surface area contributed by atoms with Gasteiger partial charge >= 0.3 is 0 Å². The van der Waals surface area contributed by atoms with Crippen LogP contribution in [-0.2, 0) is 10.2 Å². The Bertz CT molecular complexity index is 694. The fourth-order valence-electron chi connectivity index (χ4n) is 5.99. The number of phenols is 1. The molecule has 0 radical (unpaired) electrons. The highest BCUT2D eigenvalue weighted by Crippen LogP contribution is 2.62. The van der Waals surface area contributed by atoms with Crippen molar-refractivity contribution in [3.63, 3.8) is 0 Å². The summed E-state index contributed by atoms with van der Waals surface area (Å²) in [6, 6.07) is 2.08. The van der Waals surface area contributed by atoms with Crippen molar-refractivity contribution in [3.05, 3.63) is 22.8 Å². The fourth-order valence-corrected chi connectivity index (χ4v) is 5.99. The van der Waals surface area contributed by atoms with E-state index in [4.69, 9.17) is 9.47 Å². The van der Waals surface area contributed by atoms with Crippen LogP contribution in [0.5, 0.6) is 11.5 Å². The zero-order chi connectivity index (χ0) is 19.4. The van der Waals surface area contributed by atoms with Gasteiger partial charge in [-0.3, -0.25) is 0 Å². The average Bonchev–Trinajstić information content (AvgIpc) is 2.53. The molecule has 2 N–H and O–H groups in total. The van der Waals surface area contributed by atoms with Gasteiger partial charge in [-0.2, -0.15) is 0 Å². The van der Waals surface area contributed by atoms with Gasteiger partial charge in [-0.05, 0) is 35.8 Å². The molecule has 1 saturated carbocycles. The number of phenolic OH excluding ortho intramolecular Hbond substituents is 1. The van der Waals surface area contributed by atoms with E-state index in [0.717, 1.165) is 36.0 Å². The SMILES string of the molecule is COc1c(C(C)C)cc2c(c1O)[C@@]1(C)CCCC(C)(C)[C@@H]1[C@@H](O)[C@@H]2OC. The highest BCUT2D eigenvalue weighted by Gasteiger charge is 2.58. The second-order valence-corrected chi connectivity index (χ2v) is 9.35. The Morgan fingerprint density at radius 1 is 1.15 bits per heavy atom. The van der Waals surface area contributed by atoms with Crippen molar-refractivity contribution < 1.29 is 19.7 Å². The van der Waals surface area contributed by atoms with Crippen molar-refractivity contribution in [2.24, 2.45) is 11.3 Å². The van der Waals surface area contributed by atoms with Gasteiger partial charge in [0.15, 0.2) is 11.5 Å². The molecular weight excluding hydrogens is 328 g/mol. The van der Waals surface area contributed by atoms with Gasteiger partial charge in [0.25, 0.3) is 0 Å². The van der Waals surface area contributed by atoms with Gasteiger partial charge in [0, 0.05) is 29.6 Å². The van der Waals surface area contributed by atoms with E-state index >= 15 is 0 Å². The first-order valence-corrected chi connectivity index (χ1v) is 9.75. The minimum Gasteiger partial charge on any atom is -0.504 e. The number of rotatable bonds is 3. The monoisotopic (exact) mass is 362 g/mol. The molecule has 0 amide bonds. The van der Waals surface area contributed by atoms with Gasteiger partial charge < -0.3 is 19.7 Å². The molecule has 2 aliphatic rings. The van der Waals surface area contributed by atoms with Gasteiger partial charge in [-0.25, -0.2) is 0 Å². The summed E-state index contributed by atoms with van der Waals surface area (Å²) in [5.41, 5.74) is 2.44. The van der Waals surface area contributed by atoms with Crippen molar-refractivity contribution in [1.82, 2.24) is 0 Å². The van der Waals surface area contributed by atoms with Crippen LogP contribution >= 0.6 is 0 Å². The molecule has 3 rings (SSSR count). The van der Waals surface area contributed by atoms with Crippen LogP contribution in [0.15, 0.2) is 6.07 Å². The molecule has 4 nitrogen and oxygen atoms in total. The molecule has 0 heterocycles. The van der Waals surface area contributed by atoms with Crippen molar-refractivity contribution in [3.8, 4) is 11.5 Å². The number of benzene rings is 1. The third-order valence-electron chi connectivity index (χ3n) is 6.97. The molecule has 1 aromatic rings. The largest absolute Gasteiger partial charge is 0.504 e. The predicted molar refractivity (Wildman–Crippen MR) is 103 cm³/mol. The second kappa shape index (κ2) is 6.42. The smallest absolute Gasteiger partial charge is 0.164 e. The van der Waals surface area contributed by atoms with E-state index in [0.29, 0.717) is 5.75 Å². The molecule has 26 heavy (non-hydrogen) atoms. The van der Waals surface area contributed by atoms with E-state index in [1.54, 1.807) is 14.2 Å². The number of aliphatic hydroxyl groups is 1. The van der Waals surface area contributed by atoms with Crippen LogP contribution in [0, 0.1) is 11.3 Å². The molecule has 0 unspecified atom stereocenters. The van der Waals surface area contributed by atoms with Gasteiger partial charge in [0.05, 0.1) is 13.2 Å². The number of fused-ring (bicyclic) bond motifs is 3. The third-order valence-corrected chi connectivity index (χ3v) is 6.97. The summed E-state index contributed by atoms with van der Waals surface area (Å²) < 4.78 is 11.4. The Kier molecular flexibility index (Phi) is 4.81. The van der Waals surface area contributed by atoms with Crippen molar-refractivity contribution in [2.45, 2.75) is 77.4 Å². The normalized spacial score (nSPS) is 32.9. The summed E-state index contributed by atoms with van der Waals surface area (Å²) in [4.78, 5) is 0. The Labute approximate surface area is 157 Å². The van der Waals surface area contributed by atoms with Crippen LogP contribution in [-0.4, -0.2) is 30.5 Å². The lowest BCUT2D eigenvalue weighted by atomic mass is 9.48. The number of hydrogen-bond donors (Lipinski definition) is 2. The molecule has 0 spiro atoms. The van der Waals surface area contributed by atoms with E-state index in [1.807, 2.05) is 0 Å². The van der Waals surface area contributed by atoms with E-state index in [-0.39, 0.29) is 28.4 Å². The molecule has 2 aliphatic carbocycles. The summed E-state index contributed by atoms with van der Waals surface area (Å²) in [6.07, 6.45) is 2.06. The van der Waals surface area contributed by atoms with Gasteiger partial charge in [-0.1, -0.05) is 41.0 Å². The van der Waals surface area contributed by atoms with Crippen molar-refractivity contribution in [2.75, 3.05) is 14.2 Å². The molecule has 0 saturated heterocycles. The molecule has 0 bridgehead atoms. The standard InChI is InChI=1S/C22H34O4/c1-12(2)13-11-14-15(16(23)18(13)25-6)22(5)10-8-9-21(3,4)20(22)17(24)19(14)26-7/h11-12,17,19-20,23-24H,8-10H2,1-7H3/t17-,19+,20-,22+/m0/s1. The van der Waals surface area contributed by atoms with Crippen molar-refractivity contribution >= 4 is 0 Å². The highest BCUT2D eigenvalue weighted by atomic mass is 16.5. The van der Waals surface area contributed by atoms with E-state index in [9.17, 15) is 10.2 Å². The second-order valence-electron chi connectivity index (χ2n) is 9.35. The zero-order valence-electron chi connectivity index (χ0n) is 17.2. The molecule has 0 aliphatic heterocycles. The molecule has 1 fully saturated rings. The Morgan fingerprint density at radius 3 is 2.35 bits per heavy atom. The Hall–Kier alpha value is -1.26. The maximum Gasteiger partial charge on any atom is 0.164 e. The summed E-state index contributed by atoms with van der Waals surface area (Å²) in [7, 11) is 3.26. The summed E-state index contributed by atoms with van der Waals surface area (Å²) in [6.45, 7) is 10.8. The number of hydrogen-bond acceptors (Lipinski definition) is 4. The first-order valence-electron chi connectivity index (χ1n) is 9.75. The maximum absolute atomic E-state index is 11.3. The predicted octanol–water partition coefficient (Wildman–Crippen LogP) is 4.67. The number of aliphatic hydroxyl groups excluding tert-OH is 1. The van der Waals surface area contributed by atoms with Crippen LogP contribution in [0.1, 0.15) is 82.6 Å². The summed E-state index contributed by atoms with van der Waals surface area (Å²) >= 11 is 0. The molecule has 0 aromatic heterocycles. The summed E-state index contributed by atoms with van der Waals surface area (Å²) in [5.74, 6) is 1.01. The fraction of sp³-hybridized carbons (Fsp3) is 0.727. The first kappa shape index (κ1) is 19.5. The lowest BCUT2D eigenvalue weighted by molar-refractivity contribution is -0.125. The van der Waals surface area contributed by atoms with E-state index in [1.165, 1.54) is 0 Å². The minimum absolute atomic E-state index is 0.0155. The average molecular weight is 363 g/mol. The molecule has 4 atom stereocenters. The van der Waals surface area contributed by atoms with Gasteiger partial charge in [0.1, 0.15) is 6.10 Å². The van der Waals surface area contributed by atoms with Gasteiger partial charge in [-0.15, -0.1) is 0 Å². The van der Waals surface area contributed by atoms with Gasteiger partial charge in [0.2, 0.25) is 0 Å². The quantitative estimate of drug-likeness (QED) is 0.820. The lowest BCUT2D eigenvalue weighted by Crippen LogP contribution is -2.56. The third kappa shape index (κ3) is 2.56. The topological polar surface area (TPSA) is 58.9 Å². The maximum atomic E-state index is 11.3. The van der Waals surface area contributed by atoms with Crippen LogP contribution in [0.2, 0.25) is 0 Å². The van der Waals surface area contributed by atoms with Crippen LogP contribution in [0.4, 0.5) is 0 Å². The number of ether oxygens (including phenoxy) is 2. The zero-order valence-corrected chi connectivity index (χ0v) is 17.2. The van der Waals surface area contributed by atoms with Crippen LogP contribution in [0.3, 0.4) is 0 Å². The van der Waals surface area contributed by atoms with E-state index in [2.05, 4.69) is 40.7 Å². The molecule has 1 aromatic carbocycles. The minimum atomic E-state index is -0.597. The van der Waals surface area contributed by atoms with Crippen molar-refractivity contribution in [1.29, 1.82) is 0 Å². The Balaban J connectivity index is 2.35. The van der Waals surface area contributed by atoms with Crippen LogP contribution in [0.25, 0.3) is 0 Å². The van der Waals surface area contributed by atoms with Crippen LogP contribution < -0.4 is 4.74 Å². The first-order chi connectivity index (χ1) is 12.1. The lowest BCUT2D eigenvalue weighted by Gasteiger charge is -2.57. The highest BCUT2D eigenvalue weighted by molar-refractivity contribution is 5.61. The number of methoxy groups -OCH3 is 2.